The number of carboxylic acids is 1. The summed E-state index contributed by atoms with van der Waals surface area (Å²) in [6.45, 7) is 0. The van der Waals surface area contributed by atoms with Crippen molar-refractivity contribution >= 4 is 11.8 Å². The molecule has 21 heavy (non-hydrogen) atoms. The van der Waals surface area contributed by atoms with Crippen LogP contribution in [0.1, 0.15) is 21.7 Å². The quantitative estimate of drug-likeness (QED) is 0.502. The Hall–Kier alpha value is -2.89. The van der Waals surface area contributed by atoms with Gasteiger partial charge in [-0.1, -0.05) is 12.1 Å². The summed E-state index contributed by atoms with van der Waals surface area (Å²) in [6, 6.07) is 7.17. The van der Waals surface area contributed by atoms with Crippen LogP contribution in [0.4, 0.5) is 4.39 Å². The van der Waals surface area contributed by atoms with Crippen LogP contribution >= 0.6 is 0 Å². The van der Waals surface area contributed by atoms with Crippen molar-refractivity contribution in [2.75, 3.05) is 0 Å². The third kappa shape index (κ3) is 3.56. The second kappa shape index (κ2) is 6.04. The van der Waals surface area contributed by atoms with Gasteiger partial charge in [0.25, 0.3) is 0 Å². The molecule has 2 aromatic rings. The Balaban J connectivity index is 2.25. The summed E-state index contributed by atoms with van der Waals surface area (Å²) in [5.41, 5.74) is 0.720. The van der Waals surface area contributed by atoms with Crippen LogP contribution in [0.5, 0.6) is 0 Å². The predicted octanol–water partition coefficient (Wildman–Crippen LogP) is 2.72. The molecule has 0 radical (unpaired) electrons. The molecule has 0 atom stereocenters. The minimum Gasteiger partial charge on any atom is -0.502 e. The van der Waals surface area contributed by atoms with Crippen LogP contribution in [0.3, 0.4) is 0 Å². The van der Waals surface area contributed by atoms with Gasteiger partial charge in [0.05, 0.1) is 11.8 Å². The summed E-state index contributed by atoms with van der Waals surface area (Å²) >= 11 is 0. The number of rotatable bonds is 5. The molecule has 0 saturated carbocycles. The van der Waals surface area contributed by atoms with Crippen molar-refractivity contribution in [2.45, 2.75) is 6.42 Å². The lowest BCUT2D eigenvalue weighted by molar-refractivity contribution is -0.135. The maximum absolute atomic E-state index is 13.1. The number of carboxylic acid groups (broad SMARTS) is 1. The number of carbonyl (C=O) groups excluding carboxylic acids is 1. The first-order valence-corrected chi connectivity index (χ1v) is 5.96. The predicted molar refractivity (Wildman–Crippen MR) is 70.6 cm³/mol. The van der Waals surface area contributed by atoms with Gasteiger partial charge in [0.15, 0.2) is 5.78 Å². The normalized spacial score (nSPS) is 11.4. The van der Waals surface area contributed by atoms with E-state index < -0.39 is 23.3 Å². The lowest BCUT2D eigenvalue weighted by atomic mass is 10.0. The summed E-state index contributed by atoms with van der Waals surface area (Å²) in [5.74, 6) is -3.50. The van der Waals surface area contributed by atoms with Gasteiger partial charge >= 0.3 is 5.97 Å². The molecule has 0 aliphatic heterocycles. The molecule has 0 fully saturated rings. The number of aliphatic hydroxyl groups excluding tert-OH is 1. The standard InChI is InChI=1S/C15H11FO5/c16-10-3-1-2-9(6-10)7-14-11(4-5-21-14)12(17)8-13(18)15(19)20/h1-6,8,18H,7H2,(H,19,20). The number of halogens is 1. The number of allylic oxidation sites excluding steroid dienone is 1. The minimum atomic E-state index is -1.60. The Kier molecular flexibility index (Phi) is 4.18. The lowest BCUT2D eigenvalue weighted by Crippen LogP contribution is -2.05. The molecule has 6 heteroatoms. The highest BCUT2D eigenvalue weighted by molar-refractivity contribution is 6.08. The molecule has 5 nitrogen and oxygen atoms in total. The zero-order valence-electron chi connectivity index (χ0n) is 10.7. The van der Waals surface area contributed by atoms with Crippen molar-refractivity contribution in [1.82, 2.24) is 0 Å². The summed E-state index contributed by atoms with van der Waals surface area (Å²) in [4.78, 5) is 22.3. The van der Waals surface area contributed by atoms with Gasteiger partial charge in [-0.25, -0.2) is 9.18 Å². The Bertz CT molecular complexity index is 714. The highest BCUT2D eigenvalue weighted by Crippen LogP contribution is 2.18. The molecule has 1 heterocycles. The molecule has 0 spiro atoms. The SMILES string of the molecule is O=C(O)C(O)=CC(=O)c1ccoc1Cc1cccc(F)c1. The van der Waals surface area contributed by atoms with E-state index in [1.807, 2.05) is 0 Å². The lowest BCUT2D eigenvalue weighted by Gasteiger charge is -2.01. The number of benzene rings is 1. The highest BCUT2D eigenvalue weighted by atomic mass is 19.1. The van der Waals surface area contributed by atoms with Crippen molar-refractivity contribution in [3.63, 3.8) is 0 Å². The van der Waals surface area contributed by atoms with E-state index in [1.165, 1.54) is 30.5 Å². The van der Waals surface area contributed by atoms with Gasteiger partial charge in [0.2, 0.25) is 5.76 Å². The maximum Gasteiger partial charge on any atom is 0.371 e. The third-order valence-electron chi connectivity index (χ3n) is 2.75. The highest BCUT2D eigenvalue weighted by Gasteiger charge is 2.16. The zero-order valence-corrected chi connectivity index (χ0v) is 10.7. The molecule has 0 saturated heterocycles. The number of hydrogen-bond acceptors (Lipinski definition) is 4. The van der Waals surface area contributed by atoms with Crippen LogP contribution in [0, 0.1) is 5.82 Å². The van der Waals surface area contributed by atoms with E-state index in [-0.39, 0.29) is 17.7 Å². The van der Waals surface area contributed by atoms with Crippen LogP contribution in [-0.2, 0) is 11.2 Å². The Morgan fingerprint density at radius 2 is 2.00 bits per heavy atom. The van der Waals surface area contributed by atoms with Crippen molar-refractivity contribution in [3.05, 3.63) is 71.1 Å². The van der Waals surface area contributed by atoms with Crippen LogP contribution in [0.25, 0.3) is 0 Å². The second-order valence-corrected chi connectivity index (χ2v) is 4.26. The van der Waals surface area contributed by atoms with E-state index in [1.54, 1.807) is 6.07 Å². The molecule has 0 aliphatic carbocycles. The van der Waals surface area contributed by atoms with Crippen molar-refractivity contribution in [1.29, 1.82) is 0 Å². The van der Waals surface area contributed by atoms with E-state index in [4.69, 9.17) is 14.6 Å². The van der Waals surface area contributed by atoms with Crippen LogP contribution in [0.2, 0.25) is 0 Å². The third-order valence-corrected chi connectivity index (χ3v) is 2.75. The second-order valence-electron chi connectivity index (χ2n) is 4.26. The fraction of sp³-hybridized carbons (Fsp3) is 0.0667. The van der Waals surface area contributed by atoms with Gasteiger partial charge in [0.1, 0.15) is 11.6 Å². The number of aliphatic carboxylic acids is 1. The van der Waals surface area contributed by atoms with Crippen LogP contribution in [0.15, 0.2) is 52.8 Å². The molecule has 2 N–H and O–H groups in total. The maximum atomic E-state index is 13.1. The molecule has 108 valence electrons. The van der Waals surface area contributed by atoms with E-state index in [2.05, 4.69) is 0 Å². The van der Waals surface area contributed by atoms with E-state index in [0.717, 1.165) is 0 Å². The van der Waals surface area contributed by atoms with Gasteiger partial charge in [-0.05, 0) is 23.8 Å². The molecular formula is C15H11FO5. The molecule has 0 aliphatic rings. The van der Waals surface area contributed by atoms with Crippen molar-refractivity contribution in [3.8, 4) is 0 Å². The van der Waals surface area contributed by atoms with Crippen LogP contribution < -0.4 is 0 Å². The average Bonchev–Trinajstić information content (AvgIpc) is 2.86. The van der Waals surface area contributed by atoms with Gasteiger partial charge in [-0.3, -0.25) is 4.79 Å². The first-order valence-electron chi connectivity index (χ1n) is 5.96. The van der Waals surface area contributed by atoms with Gasteiger partial charge < -0.3 is 14.6 Å². The average molecular weight is 290 g/mol. The zero-order chi connectivity index (χ0) is 15.4. The van der Waals surface area contributed by atoms with E-state index in [0.29, 0.717) is 11.6 Å². The summed E-state index contributed by atoms with van der Waals surface area (Å²) in [6.07, 6.45) is 2.04. The Morgan fingerprint density at radius 3 is 2.67 bits per heavy atom. The summed E-state index contributed by atoms with van der Waals surface area (Å²) in [7, 11) is 0. The minimum absolute atomic E-state index is 0.118. The summed E-state index contributed by atoms with van der Waals surface area (Å²) in [5, 5.41) is 17.6. The van der Waals surface area contributed by atoms with Crippen molar-refractivity contribution in [2.24, 2.45) is 0 Å². The number of ketones is 1. The number of carbonyl (C=O) groups is 2. The first-order chi connectivity index (χ1) is 9.97. The smallest absolute Gasteiger partial charge is 0.371 e. The molecular weight excluding hydrogens is 279 g/mol. The van der Waals surface area contributed by atoms with Gasteiger partial charge in [-0.15, -0.1) is 0 Å². The molecule has 1 aromatic heterocycles. The summed E-state index contributed by atoms with van der Waals surface area (Å²) < 4.78 is 18.3. The van der Waals surface area contributed by atoms with E-state index >= 15 is 0 Å². The van der Waals surface area contributed by atoms with E-state index in [9.17, 15) is 14.0 Å². The Labute approximate surface area is 118 Å². The Morgan fingerprint density at radius 1 is 1.24 bits per heavy atom. The van der Waals surface area contributed by atoms with Gasteiger partial charge in [0, 0.05) is 12.5 Å². The van der Waals surface area contributed by atoms with Crippen molar-refractivity contribution < 1.29 is 28.6 Å². The first kappa shape index (κ1) is 14.5. The van der Waals surface area contributed by atoms with Crippen LogP contribution in [-0.4, -0.2) is 22.0 Å². The fourth-order valence-corrected chi connectivity index (χ4v) is 1.79. The fourth-order valence-electron chi connectivity index (χ4n) is 1.79. The largest absolute Gasteiger partial charge is 0.502 e. The monoisotopic (exact) mass is 290 g/mol. The molecule has 2 rings (SSSR count). The molecule has 1 aromatic carbocycles. The molecule has 0 unspecified atom stereocenters. The number of aliphatic hydroxyl groups is 1. The number of furan rings is 1. The van der Waals surface area contributed by atoms with Gasteiger partial charge in [-0.2, -0.15) is 0 Å². The molecule has 0 amide bonds. The molecule has 0 bridgehead atoms. The number of hydrogen-bond donors (Lipinski definition) is 2. The topological polar surface area (TPSA) is 87.7 Å².